The Morgan fingerprint density at radius 3 is 2.33 bits per heavy atom. The highest BCUT2D eigenvalue weighted by Gasteiger charge is 2.26. The predicted molar refractivity (Wildman–Crippen MR) is 72.8 cm³/mol. The van der Waals surface area contributed by atoms with Crippen LogP contribution in [-0.4, -0.2) is 23.5 Å². The number of benzene rings is 1. The maximum atomic E-state index is 12.9. The number of piperidine rings is 1. The molecule has 1 heterocycles. The molecule has 0 radical (unpaired) electrons. The van der Waals surface area contributed by atoms with Gasteiger partial charge in [-0.3, -0.25) is 4.90 Å². The van der Waals surface area contributed by atoms with E-state index in [4.69, 9.17) is 5.73 Å². The van der Waals surface area contributed by atoms with Crippen LogP contribution < -0.4 is 5.73 Å². The molecule has 0 aromatic heterocycles. The molecular weight excluding hydrogens is 227 g/mol. The van der Waals surface area contributed by atoms with Crippen molar-refractivity contribution in [3.8, 4) is 0 Å². The summed E-state index contributed by atoms with van der Waals surface area (Å²) in [6.07, 6.45) is 3.81. The highest BCUT2D eigenvalue weighted by atomic mass is 19.1. The van der Waals surface area contributed by atoms with Gasteiger partial charge >= 0.3 is 0 Å². The van der Waals surface area contributed by atoms with Gasteiger partial charge in [-0.2, -0.15) is 0 Å². The fourth-order valence-electron chi connectivity index (χ4n) is 2.88. The van der Waals surface area contributed by atoms with Gasteiger partial charge in [0.2, 0.25) is 0 Å². The quantitative estimate of drug-likeness (QED) is 0.893. The second kappa shape index (κ2) is 5.81. The Kier molecular flexibility index (Phi) is 4.36. The third kappa shape index (κ3) is 3.09. The van der Waals surface area contributed by atoms with Gasteiger partial charge in [0.05, 0.1) is 0 Å². The van der Waals surface area contributed by atoms with Gasteiger partial charge in [-0.1, -0.05) is 18.6 Å². The number of rotatable bonds is 3. The van der Waals surface area contributed by atoms with E-state index in [1.165, 1.54) is 31.4 Å². The molecule has 18 heavy (non-hydrogen) atoms. The molecule has 1 aliphatic heterocycles. The van der Waals surface area contributed by atoms with E-state index >= 15 is 0 Å². The zero-order valence-corrected chi connectivity index (χ0v) is 11.3. The molecule has 1 unspecified atom stereocenters. The second-order valence-electron chi connectivity index (χ2n) is 5.48. The van der Waals surface area contributed by atoms with Crippen molar-refractivity contribution in [3.05, 3.63) is 35.6 Å². The van der Waals surface area contributed by atoms with E-state index in [1.54, 1.807) is 12.1 Å². The number of halogens is 1. The molecule has 1 fully saturated rings. The van der Waals surface area contributed by atoms with Crippen LogP contribution in [0.2, 0.25) is 0 Å². The van der Waals surface area contributed by atoms with E-state index in [0.717, 1.165) is 12.1 Å². The average Bonchev–Trinajstić information content (AvgIpc) is 2.34. The van der Waals surface area contributed by atoms with Crippen LogP contribution in [-0.2, 0) is 0 Å². The van der Waals surface area contributed by atoms with E-state index in [1.807, 2.05) is 0 Å². The van der Waals surface area contributed by atoms with Gasteiger partial charge in [-0.25, -0.2) is 4.39 Å². The van der Waals surface area contributed by atoms with Gasteiger partial charge in [0, 0.05) is 24.7 Å². The minimum atomic E-state index is -0.203. The minimum absolute atomic E-state index is 0.0337. The van der Waals surface area contributed by atoms with Crippen LogP contribution in [0.5, 0.6) is 0 Å². The highest BCUT2D eigenvalue weighted by Crippen LogP contribution is 2.24. The molecule has 1 aromatic rings. The van der Waals surface area contributed by atoms with Gasteiger partial charge in [-0.15, -0.1) is 0 Å². The van der Waals surface area contributed by atoms with Gasteiger partial charge in [0.25, 0.3) is 0 Å². The van der Waals surface area contributed by atoms with Crippen molar-refractivity contribution in [1.29, 1.82) is 0 Å². The molecule has 0 aliphatic carbocycles. The second-order valence-corrected chi connectivity index (χ2v) is 5.48. The van der Waals surface area contributed by atoms with Crippen LogP contribution >= 0.6 is 0 Å². The fraction of sp³-hybridized carbons (Fsp3) is 0.600. The lowest BCUT2D eigenvalue weighted by atomic mass is 9.96. The Bertz CT molecular complexity index is 367. The van der Waals surface area contributed by atoms with Gasteiger partial charge in [0.15, 0.2) is 0 Å². The zero-order valence-electron chi connectivity index (χ0n) is 11.3. The summed E-state index contributed by atoms with van der Waals surface area (Å²) in [5, 5.41) is 0. The first-order chi connectivity index (χ1) is 8.58. The molecule has 1 aromatic carbocycles. The van der Waals surface area contributed by atoms with E-state index in [2.05, 4.69) is 18.7 Å². The molecule has 1 aliphatic rings. The summed E-state index contributed by atoms with van der Waals surface area (Å²) in [4.78, 5) is 2.48. The number of nitrogens with two attached hydrogens (primary N) is 1. The smallest absolute Gasteiger partial charge is 0.123 e. The van der Waals surface area contributed by atoms with Gasteiger partial charge in [0.1, 0.15) is 5.82 Å². The Morgan fingerprint density at radius 1 is 1.22 bits per heavy atom. The number of likely N-dealkylation sites (tertiary alicyclic amines) is 1. The Morgan fingerprint density at radius 2 is 1.78 bits per heavy atom. The first-order valence-corrected chi connectivity index (χ1v) is 6.84. The third-order valence-corrected chi connectivity index (χ3v) is 4.08. The lowest BCUT2D eigenvalue weighted by Gasteiger charge is -2.40. The zero-order chi connectivity index (χ0) is 13.1. The van der Waals surface area contributed by atoms with Crippen molar-refractivity contribution in [1.82, 2.24) is 4.90 Å². The first-order valence-electron chi connectivity index (χ1n) is 6.84. The summed E-state index contributed by atoms with van der Waals surface area (Å²) >= 11 is 0. The van der Waals surface area contributed by atoms with Crippen molar-refractivity contribution in [2.24, 2.45) is 5.73 Å². The number of hydrogen-bond acceptors (Lipinski definition) is 2. The molecule has 2 N–H and O–H groups in total. The summed E-state index contributed by atoms with van der Waals surface area (Å²) in [6.45, 7) is 5.40. The topological polar surface area (TPSA) is 29.3 Å². The van der Waals surface area contributed by atoms with Crippen molar-refractivity contribution >= 4 is 0 Å². The fourth-order valence-corrected chi connectivity index (χ4v) is 2.88. The molecule has 0 amide bonds. The molecule has 1 saturated heterocycles. The largest absolute Gasteiger partial charge is 0.323 e. The van der Waals surface area contributed by atoms with Crippen molar-refractivity contribution in [2.45, 2.75) is 51.2 Å². The summed E-state index contributed by atoms with van der Waals surface area (Å²) in [6, 6.07) is 7.71. The third-order valence-electron chi connectivity index (χ3n) is 4.08. The molecular formula is C15H23FN2. The van der Waals surface area contributed by atoms with Crippen molar-refractivity contribution in [3.63, 3.8) is 0 Å². The standard InChI is InChI=1S/C15H23FN2/c1-11-4-3-5-12(2)18(11)10-15(17)13-6-8-14(16)9-7-13/h6-9,11-12,15H,3-5,10,17H2,1-2H3/t11-,12+,15?. The van der Waals surface area contributed by atoms with Gasteiger partial charge < -0.3 is 5.73 Å². The van der Waals surface area contributed by atoms with E-state index in [9.17, 15) is 4.39 Å². The molecule has 2 rings (SSSR count). The highest BCUT2D eigenvalue weighted by molar-refractivity contribution is 5.20. The summed E-state index contributed by atoms with van der Waals surface area (Å²) in [5.41, 5.74) is 7.25. The van der Waals surface area contributed by atoms with E-state index in [0.29, 0.717) is 12.1 Å². The molecule has 100 valence electrons. The Hall–Kier alpha value is -0.930. The molecule has 0 saturated carbocycles. The number of nitrogens with zero attached hydrogens (tertiary/aromatic N) is 1. The van der Waals surface area contributed by atoms with Gasteiger partial charge in [-0.05, 0) is 44.4 Å². The summed E-state index contributed by atoms with van der Waals surface area (Å²) in [7, 11) is 0. The van der Waals surface area contributed by atoms with Crippen LogP contribution in [0.25, 0.3) is 0 Å². The monoisotopic (exact) mass is 250 g/mol. The summed E-state index contributed by atoms with van der Waals surface area (Å²) in [5.74, 6) is -0.203. The Labute approximate surface area is 109 Å². The maximum Gasteiger partial charge on any atom is 0.123 e. The molecule has 3 atom stereocenters. The van der Waals surface area contributed by atoms with E-state index in [-0.39, 0.29) is 11.9 Å². The predicted octanol–water partition coefficient (Wildman–Crippen LogP) is 3.09. The lowest BCUT2D eigenvalue weighted by molar-refractivity contribution is 0.0961. The molecule has 2 nitrogen and oxygen atoms in total. The maximum absolute atomic E-state index is 12.9. The molecule has 3 heteroatoms. The van der Waals surface area contributed by atoms with Crippen molar-refractivity contribution < 1.29 is 4.39 Å². The van der Waals surface area contributed by atoms with Crippen LogP contribution in [0.15, 0.2) is 24.3 Å². The average molecular weight is 250 g/mol. The Balaban J connectivity index is 2.01. The number of hydrogen-bond donors (Lipinski definition) is 1. The van der Waals surface area contributed by atoms with Crippen LogP contribution in [0.3, 0.4) is 0 Å². The van der Waals surface area contributed by atoms with E-state index < -0.39 is 0 Å². The normalized spacial score (nSPS) is 27.1. The lowest BCUT2D eigenvalue weighted by Crippen LogP contribution is -2.46. The van der Waals surface area contributed by atoms with Crippen LogP contribution in [0, 0.1) is 5.82 Å². The minimum Gasteiger partial charge on any atom is -0.323 e. The van der Waals surface area contributed by atoms with Crippen molar-refractivity contribution in [2.75, 3.05) is 6.54 Å². The van der Waals surface area contributed by atoms with Crippen LogP contribution in [0.1, 0.15) is 44.7 Å². The summed E-state index contributed by atoms with van der Waals surface area (Å²) < 4.78 is 12.9. The SMILES string of the molecule is C[C@@H]1CCC[C@H](C)N1CC(N)c1ccc(F)cc1. The van der Waals surface area contributed by atoms with Crippen LogP contribution in [0.4, 0.5) is 4.39 Å². The molecule has 0 spiro atoms. The molecule has 0 bridgehead atoms. The first kappa shape index (κ1) is 13.5.